The molecular weight excluding hydrogens is 346 g/mol. The first-order valence-electron chi connectivity index (χ1n) is 7.50. The largest absolute Gasteiger partial charge is 0.480 e. The van der Waals surface area contributed by atoms with Crippen LogP contribution in [0.15, 0.2) is 22.7 Å². The normalized spacial score (nSPS) is 14.7. The molecule has 5 heteroatoms. The summed E-state index contributed by atoms with van der Waals surface area (Å²) in [6.45, 7) is 2.10. The lowest BCUT2D eigenvalue weighted by molar-refractivity contribution is 0.0522. The highest BCUT2D eigenvalue weighted by Gasteiger charge is 2.24. The van der Waals surface area contributed by atoms with Gasteiger partial charge in [-0.15, -0.1) is 0 Å². The van der Waals surface area contributed by atoms with Crippen LogP contribution in [0.5, 0.6) is 5.88 Å². The van der Waals surface area contributed by atoms with Crippen molar-refractivity contribution in [2.24, 2.45) is 0 Å². The number of rotatable bonds is 4. The monoisotopic (exact) mass is 363 g/mol. The van der Waals surface area contributed by atoms with Crippen LogP contribution in [0.2, 0.25) is 0 Å². The van der Waals surface area contributed by atoms with Crippen molar-refractivity contribution in [1.29, 1.82) is 0 Å². The van der Waals surface area contributed by atoms with Crippen LogP contribution in [-0.4, -0.2) is 24.7 Å². The second kappa shape index (κ2) is 6.24. The van der Waals surface area contributed by atoms with Gasteiger partial charge in [-0.2, -0.15) is 0 Å². The topological polar surface area (TPSA) is 48.4 Å². The Hall–Kier alpha value is -1.62. The van der Waals surface area contributed by atoms with Gasteiger partial charge in [0, 0.05) is 9.86 Å². The minimum Gasteiger partial charge on any atom is -0.480 e. The summed E-state index contributed by atoms with van der Waals surface area (Å²) in [6, 6.07) is 5.93. The predicted octanol–water partition coefficient (Wildman–Crippen LogP) is 4.45. The van der Waals surface area contributed by atoms with Gasteiger partial charge in [-0.05, 0) is 53.2 Å². The van der Waals surface area contributed by atoms with Gasteiger partial charge in [0.2, 0.25) is 5.88 Å². The number of methoxy groups -OCH3 is 1. The van der Waals surface area contributed by atoms with Crippen LogP contribution in [0.25, 0.3) is 10.9 Å². The highest BCUT2D eigenvalue weighted by molar-refractivity contribution is 9.10. The molecule has 0 atom stereocenters. The lowest BCUT2D eigenvalue weighted by Crippen LogP contribution is -2.11. The van der Waals surface area contributed by atoms with E-state index in [1.807, 2.05) is 6.07 Å². The molecule has 1 aliphatic carbocycles. The minimum absolute atomic E-state index is 0.303. The molecule has 1 aliphatic rings. The number of halogens is 1. The Kier molecular flexibility index (Phi) is 4.34. The van der Waals surface area contributed by atoms with Crippen molar-refractivity contribution in [3.05, 3.63) is 33.8 Å². The molecule has 0 unspecified atom stereocenters. The Bertz CT molecular complexity index is 725. The van der Waals surface area contributed by atoms with Crippen molar-refractivity contribution >= 4 is 32.8 Å². The number of esters is 1. The Morgan fingerprint density at radius 2 is 2.18 bits per heavy atom. The number of carbonyl (C=O) groups is 1. The summed E-state index contributed by atoms with van der Waals surface area (Å²) in [5.74, 6) is 0.502. The van der Waals surface area contributed by atoms with Gasteiger partial charge in [0.25, 0.3) is 0 Å². The van der Waals surface area contributed by atoms with Gasteiger partial charge >= 0.3 is 5.97 Å². The molecule has 0 aliphatic heterocycles. The van der Waals surface area contributed by atoms with Crippen molar-refractivity contribution < 1.29 is 14.3 Å². The molecule has 0 saturated heterocycles. The first-order valence-corrected chi connectivity index (χ1v) is 8.29. The summed E-state index contributed by atoms with van der Waals surface area (Å²) in [5.41, 5.74) is 2.48. The Balaban J connectivity index is 2.12. The molecule has 0 bridgehead atoms. The van der Waals surface area contributed by atoms with Gasteiger partial charge < -0.3 is 9.47 Å². The van der Waals surface area contributed by atoms with Crippen molar-refractivity contribution in [2.75, 3.05) is 13.7 Å². The van der Waals surface area contributed by atoms with Crippen LogP contribution in [0.1, 0.15) is 48.0 Å². The number of hydrogen-bond acceptors (Lipinski definition) is 4. The molecule has 0 radical (unpaired) electrons. The van der Waals surface area contributed by atoms with E-state index in [4.69, 9.17) is 9.47 Å². The number of ether oxygens (including phenoxy) is 2. The van der Waals surface area contributed by atoms with Gasteiger partial charge in [-0.3, -0.25) is 0 Å². The maximum atomic E-state index is 12.0. The van der Waals surface area contributed by atoms with E-state index < -0.39 is 5.97 Å². The zero-order chi connectivity index (χ0) is 15.7. The van der Waals surface area contributed by atoms with Crippen molar-refractivity contribution in [1.82, 2.24) is 4.98 Å². The molecule has 1 saturated carbocycles. The summed E-state index contributed by atoms with van der Waals surface area (Å²) in [7, 11) is 1.51. The quantitative estimate of drug-likeness (QED) is 0.752. The number of fused-ring (bicyclic) bond motifs is 1. The molecule has 3 rings (SSSR count). The fourth-order valence-electron chi connectivity index (χ4n) is 2.75. The third-order valence-electron chi connectivity index (χ3n) is 4.15. The van der Waals surface area contributed by atoms with E-state index in [2.05, 4.69) is 27.0 Å². The lowest BCUT2D eigenvalue weighted by atomic mass is 9.80. The molecule has 1 heterocycles. The van der Waals surface area contributed by atoms with Gasteiger partial charge in [0.05, 0.1) is 19.2 Å². The van der Waals surface area contributed by atoms with E-state index in [0.29, 0.717) is 24.0 Å². The van der Waals surface area contributed by atoms with E-state index in [-0.39, 0.29) is 0 Å². The zero-order valence-electron chi connectivity index (χ0n) is 12.7. The molecular formula is C17H18BrNO3. The highest BCUT2D eigenvalue weighted by Crippen LogP contribution is 2.42. The lowest BCUT2D eigenvalue weighted by Gasteiger charge is -2.27. The molecule has 0 amide bonds. The van der Waals surface area contributed by atoms with E-state index in [9.17, 15) is 4.79 Å². The molecule has 1 aromatic heterocycles. The third-order valence-corrected chi connectivity index (χ3v) is 4.99. The second-order valence-electron chi connectivity index (χ2n) is 5.43. The number of hydrogen-bond donors (Lipinski definition) is 0. The fraction of sp³-hybridized carbons (Fsp3) is 0.412. The SMILES string of the molecule is CCOC(=O)c1cc2ccc(C3CCC3)c(Br)c2nc1OC. The molecule has 116 valence electrons. The standard InChI is InChI=1S/C17H18BrNO3/c1-3-22-17(20)13-9-11-7-8-12(10-5-4-6-10)14(18)15(11)19-16(13)21-2/h7-10H,3-6H2,1-2H3. The summed E-state index contributed by atoms with van der Waals surface area (Å²) < 4.78 is 11.4. The van der Waals surface area contributed by atoms with E-state index >= 15 is 0 Å². The van der Waals surface area contributed by atoms with Crippen molar-refractivity contribution in [3.63, 3.8) is 0 Å². The predicted molar refractivity (Wildman–Crippen MR) is 88.5 cm³/mol. The summed E-state index contributed by atoms with van der Waals surface area (Å²) in [5, 5.41) is 0.902. The second-order valence-corrected chi connectivity index (χ2v) is 6.23. The highest BCUT2D eigenvalue weighted by atomic mass is 79.9. The van der Waals surface area contributed by atoms with Crippen LogP contribution < -0.4 is 4.74 Å². The zero-order valence-corrected chi connectivity index (χ0v) is 14.3. The average Bonchev–Trinajstić information content (AvgIpc) is 2.47. The van der Waals surface area contributed by atoms with Gasteiger partial charge in [-0.1, -0.05) is 18.6 Å². The van der Waals surface area contributed by atoms with E-state index in [1.54, 1.807) is 13.0 Å². The summed E-state index contributed by atoms with van der Waals surface area (Å²) >= 11 is 3.68. The van der Waals surface area contributed by atoms with Crippen molar-refractivity contribution in [2.45, 2.75) is 32.1 Å². The Labute approximate surface area is 138 Å². The first-order chi connectivity index (χ1) is 10.7. The maximum Gasteiger partial charge on any atom is 0.343 e. The van der Waals surface area contributed by atoms with Gasteiger partial charge in [-0.25, -0.2) is 9.78 Å². The molecule has 0 spiro atoms. The Morgan fingerprint density at radius 1 is 1.41 bits per heavy atom. The van der Waals surface area contributed by atoms with E-state index in [1.165, 1.54) is 31.9 Å². The Morgan fingerprint density at radius 3 is 2.77 bits per heavy atom. The van der Waals surface area contributed by atoms with Crippen LogP contribution in [0.3, 0.4) is 0 Å². The summed E-state index contributed by atoms with van der Waals surface area (Å²) in [4.78, 5) is 16.6. The van der Waals surface area contributed by atoms with Crippen LogP contribution in [-0.2, 0) is 4.74 Å². The number of benzene rings is 1. The average molecular weight is 364 g/mol. The van der Waals surface area contributed by atoms with Crippen LogP contribution in [0.4, 0.5) is 0 Å². The van der Waals surface area contributed by atoms with Crippen molar-refractivity contribution in [3.8, 4) is 5.88 Å². The first kappa shape index (κ1) is 15.3. The smallest absolute Gasteiger partial charge is 0.343 e. The van der Waals surface area contributed by atoms with E-state index in [0.717, 1.165) is 15.4 Å². The number of pyridine rings is 1. The number of aromatic nitrogens is 1. The number of nitrogens with zero attached hydrogens (tertiary/aromatic N) is 1. The minimum atomic E-state index is -0.409. The van der Waals surface area contributed by atoms with Crippen LogP contribution >= 0.6 is 15.9 Å². The third kappa shape index (κ3) is 2.58. The number of carbonyl (C=O) groups excluding carboxylic acids is 1. The van der Waals surface area contributed by atoms with Crippen LogP contribution in [0, 0.1) is 0 Å². The fourth-order valence-corrected chi connectivity index (χ4v) is 3.52. The molecule has 22 heavy (non-hydrogen) atoms. The molecule has 0 N–H and O–H groups in total. The van der Waals surface area contributed by atoms with Gasteiger partial charge in [0.1, 0.15) is 5.56 Å². The maximum absolute atomic E-state index is 12.0. The molecule has 4 nitrogen and oxygen atoms in total. The van der Waals surface area contributed by atoms with Gasteiger partial charge in [0.15, 0.2) is 0 Å². The molecule has 2 aromatic rings. The molecule has 1 fully saturated rings. The molecule has 1 aromatic carbocycles. The summed E-state index contributed by atoms with van der Waals surface area (Å²) in [6.07, 6.45) is 3.73.